The highest BCUT2D eigenvalue weighted by atomic mass is 32.1. The Morgan fingerprint density at radius 2 is 0.758 bits per heavy atom. The van der Waals surface area contributed by atoms with Crippen molar-refractivity contribution in [1.82, 2.24) is 13.7 Å². The Labute approximate surface area is 212 Å². The molecular weight excluding hydrogens is 486 g/mol. The zero-order chi connectivity index (χ0) is 25.3. The molecule has 1 rings (SSSR count). The number of thiol groups is 3. The van der Waals surface area contributed by atoms with Crippen LogP contribution in [0.4, 0.5) is 0 Å². The highest BCUT2D eigenvalue weighted by Crippen LogP contribution is 2.11. The number of nitrogens with zero attached hydrogens (tertiary/aromatic N) is 3. The first kappa shape index (κ1) is 30.4. The van der Waals surface area contributed by atoms with Crippen LogP contribution < -0.4 is 17.1 Å². The fourth-order valence-electron chi connectivity index (χ4n) is 2.82. The van der Waals surface area contributed by atoms with Crippen LogP contribution in [0.15, 0.2) is 14.4 Å². The van der Waals surface area contributed by atoms with Gasteiger partial charge in [0.2, 0.25) is 0 Å². The summed E-state index contributed by atoms with van der Waals surface area (Å²) in [4.78, 5) is 39.8. The molecule has 0 spiro atoms. The third kappa shape index (κ3) is 8.50. The minimum absolute atomic E-state index is 0.120. The molecule has 0 aliphatic carbocycles. The van der Waals surface area contributed by atoms with Crippen LogP contribution >= 0.6 is 37.9 Å². The van der Waals surface area contributed by atoms with Crippen LogP contribution in [0, 0.1) is 17.8 Å². The summed E-state index contributed by atoms with van der Waals surface area (Å²) in [6.07, 6.45) is -2.72. The molecule has 0 fully saturated rings. The van der Waals surface area contributed by atoms with Gasteiger partial charge in [0.15, 0.2) is 0 Å². The summed E-state index contributed by atoms with van der Waals surface area (Å²) in [6.45, 7) is 11.5. The van der Waals surface area contributed by atoms with Gasteiger partial charge in [0, 0.05) is 0 Å². The number of ether oxygens (including phenoxy) is 3. The van der Waals surface area contributed by atoms with Gasteiger partial charge in [-0.1, -0.05) is 20.8 Å². The van der Waals surface area contributed by atoms with E-state index in [1.165, 1.54) is 0 Å². The van der Waals surface area contributed by atoms with Crippen LogP contribution in [-0.4, -0.2) is 50.8 Å². The Morgan fingerprint density at radius 3 is 0.939 bits per heavy atom. The van der Waals surface area contributed by atoms with Gasteiger partial charge in [0.05, 0.1) is 19.8 Å². The molecule has 0 aromatic carbocycles. The molecule has 0 saturated carbocycles. The molecule has 0 saturated heterocycles. The van der Waals surface area contributed by atoms with Crippen molar-refractivity contribution >= 4 is 37.9 Å². The summed E-state index contributed by atoms with van der Waals surface area (Å²) >= 11 is 12.7. The quantitative estimate of drug-likeness (QED) is 0.305. The van der Waals surface area contributed by atoms with E-state index in [4.69, 9.17) is 14.2 Å². The SMILES string of the molecule is CC(CS)COC(C)n1c(=O)n(C(C)OCC(C)CS)c(=O)n(C(C)OCC(C)CS)c1=O. The van der Waals surface area contributed by atoms with Crippen molar-refractivity contribution < 1.29 is 14.2 Å². The molecule has 0 N–H and O–H groups in total. The second-order valence-electron chi connectivity index (χ2n) is 8.62. The smallest absolute Gasteiger partial charge is 0.340 e. The highest BCUT2D eigenvalue weighted by Gasteiger charge is 2.26. The van der Waals surface area contributed by atoms with E-state index in [9.17, 15) is 14.4 Å². The molecule has 1 aromatic rings. The Hall–Kier alpha value is -0.660. The normalized spacial score (nSPS) is 17.4. The van der Waals surface area contributed by atoms with Crippen molar-refractivity contribution in [3.8, 4) is 0 Å². The third-order valence-electron chi connectivity index (χ3n) is 5.13. The number of aromatic nitrogens is 3. The van der Waals surface area contributed by atoms with Gasteiger partial charge >= 0.3 is 17.1 Å². The highest BCUT2D eigenvalue weighted by molar-refractivity contribution is 7.80. The molecule has 6 atom stereocenters. The molecule has 0 aliphatic heterocycles. The van der Waals surface area contributed by atoms with E-state index in [1.54, 1.807) is 20.8 Å². The summed E-state index contributed by atoms with van der Waals surface area (Å²) in [5.74, 6) is 2.13. The summed E-state index contributed by atoms with van der Waals surface area (Å²) in [6, 6.07) is 0. The van der Waals surface area contributed by atoms with Crippen molar-refractivity contribution in [3.63, 3.8) is 0 Å². The van der Waals surface area contributed by atoms with Crippen LogP contribution in [0.1, 0.15) is 60.2 Å². The van der Waals surface area contributed by atoms with E-state index in [-0.39, 0.29) is 17.8 Å². The summed E-state index contributed by atoms with van der Waals surface area (Å²) in [5.41, 5.74) is -2.39. The first-order chi connectivity index (χ1) is 15.5. The van der Waals surface area contributed by atoms with Crippen molar-refractivity contribution in [3.05, 3.63) is 31.5 Å². The second-order valence-corrected chi connectivity index (χ2v) is 9.71. The average Bonchev–Trinajstić information content (AvgIpc) is 2.78. The van der Waals surface area contributed by atoms with E-state index in [0.717, 1.165) is 13.7 Å². The molecule has 9 nitrogen and oxygen atoms in total. The van der Waals surface area contributed by atoms with Crippen LogP contribution in [-0.2, 0) is 14.2 Å². The fourth-order valence-corrected chi connectivity index (χ4v) is 3.14. The Kier molecular flexibility index (Phi) is 13.5. The summed E-state index contributed by atoms with van der Waals surface area (Å²) < 4.78 is 20.1. The number of hydrogen-bond acceptors (Lipinski definition) is 9. The van der Waals surface area contributed by atoms with E-state index in [2.05, 4.69) is 37.9 Å². The maximum Gasteiger partial charge on any atom is 0.340 e. The van der Waals surface area contributed by atoms with Gasteiger partial charge in [-0.25, -0.2) is 28.1 Å². The second kappa shape index (κ2) is 14.7. The lowest BCUT2D eigenvalue weighted by atomic mass is 10.2. The maximum absolute atomic E-state index is 13.3. The van der Waals surface area contributed by atoms with Crippen LogP contribution in [0.5, 0.6) is 0 Å². The lowest BCUT2D eigenvalue weighted by Crippen LogP contribution is -2.57. The molecule has 0 amide bonds. The van der Waals surface area contributed by atoms with Gasteiger partial charge in [0.25, 0.3) is 0 Å². The minimum atomic E-state index is -0.905. The molecule has 0 aliphatic rings. The molecule has 6 unspecified atom stereocenters. The molecule has 12 heteroatoms. The van der Waals surface area contributed by atoms with Crippen LogP contribution in [0.25, 0.3) is 0 Å². The Bertz CT molecular complexity index is 758. The monoisotopic (exact) mass is 525 g/mol. The largest absolute Gasteiger partial charge is 0.358 e. The zero-order valence-corrected chi connectivity index (χ0v) is 23.0. The molecule has 1 heterocycles. The minimum Gasteiger partial charge on any atom is -0.358 e. The fraction of sp³-hybridized carbons (Fsp3) is 0.857. The van der Waals surface area contributed by atoms with E-state index < -0.39 is 35.8 Å². The van der Waals surface area contributed by atoms with Crippen LogP contribution in [0.3, 0.4) is 0 Å². The topological polar surface area (TPSA) is 93.7 Å². The molecule has 0 radical (unpaired) electrons. The van der Waals surface area contributed by atoms with E-state index in [1.807, 2.05) is 20.8 Å². The van der Waals surface area contributed by atoms with Crippen LogP contribution in [0.2, 0.25) is 0 Å². The molecular formula is C21H39N3O6S3. The molecule has 1 aromatic heterocycles. The lowest BCUT2D eigenvalue weighted by Gasteiger charge is -2.25. The average molecular weight is 526 g/mol. The first-order valence-electron chi connectivity index (χ1n) is 11.2. The molecule has 33 heavy (non-hydrogen) atoms. The standard InChI is InChI=1S/C21H39N3O6S3/c1-13(10-31)7-28-16(4)22-19(25)23(17(5)29-8-14(2)11-32)21(27)24(20(22)26)18(6)30-9-15(3)12-33/h13-18,31-33H,7-12H2,1-6H3. The Morgan fingerprint density at radius 1 is 0.545 bits per heavy atom. The third-order valence-corrected chi connectivity index (χ3v) is 7.00. The van der Waals surface area contributed by atoms with E-state index >= 15 is 0 Å². The van der Waals surface area contributed by atoms with Gasteiger partial charge < -0.3 is 14.2 Å². The summed E-state index contributed by atoms with van der Waals surface area (Å²) in [5, 5.41) is 0. The number of hydrogen-bond donors (Lipinski definition) is 3. The van der Waals surface area contributed by atoms with E-state index in [0.29, 0.717) is 37.1 Å². The zero-order valence-electron chi connectivity index (χ0n) is 20.3. The van der Waals surface area contributed by atoms with Gasteiger partial charge in [0.1, 0.15) is 18.7 Å². The lowest BCUT2D eigenvalue weighted by molar-refractivity contribution is -0.0379. The number of rotatable bonds is 15. The van der Waals surface area contributed by atoms with Crippen molar-refractivity contribution in [2.75, 3.05) is 37.1 Å². The van der Waals surface area contributed by atoms with Gasteiger partial charge in [-0.3, -0.25) is 0 Å². The predicted octanol–water partition coefficient (Wildman–Crippen LogP) is 2.47. The van der Waals surface area contributed by atoms with Crippen molar-refractivity contribution in [1.29, 1.82) is 0 Å². The Balaban J connectivity index is 3.52. The van der Waals surface area contributed by atoms with Crippen molar-refractivity contribution in [2.45, 2.75) is 60.2 Å². The summed E-state index contributed by atoms with van der Waals surface area (Å²) in [7, 11) is 0. The van der Waals surface area contributed by atoms with Crippen molar-refractivity contribution in [2.24, 2.45) is 17.8 Å². The molecule has 0 bridgehead atoms. The van der Waals surface area contributed by atoms with Gasteiger partial charge in [-0.2, -0.15) is 37.9 Å². The predicted molar refractivity (Wildman–Crippen MR) is 140 cm³/mol. The van der Waals surface area contributed by atoms with Gasteiger partial charge in [-0.15, -0.1) is 0 Å². The maximum atomic E-state index is 13.3. The van der Waals surface area contributed by atoms with Gasteiger partial charge in [-0.05, 0) is 55.8 Å². The first-order valence-corrected chi connectivity index (χ1v) is 13.1. The molecule has 192 valence electrons.